The lowest BCUT2D eigenvalue weighted by atomic mass is 10.4. The van der Waals surface area contributed by atoms with Crippen molar-refractivity contribution in [3.63, 3.8) is 0 Å². The lowest BCUT2D eigenvalue weighted by Crippen LogP contribution is -2.41. The Bertz CT molecular complexity index is 153. The average molecular weight is 274 g/mol. The summed E-state index contributed by atoms with van der Waals surface area (Å²) in [6, 6.07) is 0. The molecule has 0 aromatic heterocycles. The van der Waals surface area contributed by atoms with E-state index in [1.807, 2.05) is 21.1 Å². The van der Waals surface area contributed by atoms with Gasteiger partial charge in [0.1, 0.15) is 0 Å². The first-order valence-corrected chi connectivity index (χ1v) is 7.42. The summed E-state index contributed by atoms with van der Waals surface area (Å²) in [5.41, 5.74) is 0. The van der Waals surface area contributed by atoms with Crippen molar-refractivity contribution in [3.8, 4) is 0 Å². The van der Waals surface area contributed by atoms with Crippen LogP contribution < -0.4 is 26.6 Å². The highest BCUT2D eigenvalue weighted by atomic mass is 15.2. The molecule has 6 heteroatoms. The minimum absolute atomic E-state index is 1.03. The van der Waals surface area contributed by atoms with E-state index in [0.717, 1.165) is 65.4 Å². The van der Waals surface area contributed by atoms with E-state index in [-0.39, 0.29) is 0 Å². The maximum absolute atomic E-state index is 3.45. The largest absolute Gasteiger partial charge is 0.318 e. The number of hydrogen-bond acceptors (Lipinski definition) is 6. The van der Waals surface area contributed by atoms with Crippen LogP contribution in [-0.2, 0) is 0 Å². The highest BCUT2D eigenvalue weighted by molar-refractivity contribution is 4.63. The molecule has 0 aromatic rings. The van der Waals surface area contributed by atoms with Gasteiger partial charge in [-0.25, -0.2) is 0 Å². The maximum atomic E-state index is 3.45. The standard InChI is InChI=1S/C13H34N6/c1-14-4-6-17-9-12-19(11-8-16-3)13-10-18-7-5-15-2/h14-18H,4-13H2,1-3H3. The number of nitrogens with zero attached hydrogens (tertiary/aromatic N) is 1. The summed E-state index contributed by atoms with van der Waals surface area (Å²) in [6.45, 7) is 10.6. The normalized spacial score (nSPS) is 11.4. The Hall–Kier alpha value is -0.240. The van der Waals surface area contributed by atoms with Gasteiger partial charge in [0.2, 0.25) is 0 Å². The SMILES string of the molecule is CNCCNCCN(CCNC)CCNCCNC. The zero-order valence-corrected chi connectivity index (χ0v) is 13.0. The molecule has 5 N–H and O–H groups in total. The molecule has 0 aromatic carbocycles. The molecule has 0 rings (SSSR count). The van der Waals surface area contributed by atoms with Crippen LogP contribution in [-0.4, -0.2) is 91.5 Å². The van der Waals surface area contributed by atoms with Crippen LogP contribution in [0.15, 0.2) is 0 Å². The molecule has 116 valence electrons. The van der Waals surface area contributed by atoms with Crippen LogP contribution in [0.1, 0.15) is 0 Å². The molecule has 0 amide bonds. The van der Waals surface area contributed by atoms with Crippen molar-refractivity contribution in [2.45, 2.75) is 0 Å². The van der Waals surface area contributed by atoms with Gasteiger partial charge in [-0.2, -0.15) is 0 Å². The van der Waals surface area contributed by atoms with E-state index in [9.17, 15) is 0 Å². The number of nitrogens with one attached hydrogen (secondary N) is 5. The molecule has 0 radical (unpaired) electrons. The quantitative estimate of drug-likeness (QED) is 0.226. The molecule has 0 fully saturated rings. The summed E-state index contributed by atoms with van der Waals surface area (Å²) >= 11 is 0. The van der Waals surface area contributed by atoms with E-state index in [4.69, 9.17) is 0 Å². The molecule has 6 nitrogen and oxygen atoms in total. The minimum atomic E-state index is 1.03. The van der Waals surface area contributed by atoms with Gasteiger partial charge in [-0.1, -0.05) is 0 Å². The summed E-state index contributed by atoms with van der Waals surface area (Å²) in [7, 11) is 5.98. The van der Waals surface area contributed by atoms with Crippen molar-refractivity contribution >= 4 is 0 Å². The van der Waals surface area contributed by atoms with Gasteiger partial charge in [-0.3, -0.25) is 4.90 Å². The molecule has 0 atom stereocenters. The summed E-state index contributed by atoms with van der Waals surface area (Å²) < 4.78 is 0. The fraction of sp³-hybridized carbons (Fsp3) is 1.00. The van der Waals surface area contributed by atoms with E-state index >= 15 is 0 Å². The van der Waals surface area contributed by atoms with Crippen LogP contribution >= 0.6 is 0 Å². The molecular weight excluding hydrogens is 240 g/mol. The lowest BCUT2D eigenvalue weighted by molar-refractivity contribution is 0.274. The summed E-state index contributed by atoms with van der Waals surface area (Å²) in [5.74, 6) is 0. The van der Waals surface area contributed by atoms with Gasteiger partial charge in [0.25, 0.3) is 0 Å². The first kappa shape index (κ1) is 18.8. The lowest BCUT2D eigenvalue weighted by Gasteiger charge is -2.22. The highest BCUT2D eigenvalue weighted by Crippen LogP contribution is 1.85. The van der Waals surface area contributed by atoms with Crippen LogP contribution in [0.5, 0.6) is 0 Å². The zero-order chi connectivity index (χ0) is 14.2. The van der Waals surface area contributed by atoms with E-state index in [1.54, 1.807) is 0 Å². The zero-order valence-electron chi connectivity index (χ0n) is 13.0. The van der Waals surface area contributed by atoms with Crippen molar-refractivity contribution < 1.29 is 0 Å². The van der Waals surface area contributed by atoms with E-state index in [1.165, 1.54) is 0 Å². The Morgan fingerprint density at radius 1 is 0.526 bits per heavy atom. The topological polar surface area (TPSA) is 63.4 Å². The van der Waals surface area contributed by atoms with Crippen molar-refractivity contribution in [2.75, 3.05) is 86.6 Å². The minimum Gasteiger partial charge on any atom is -0.318 e. The summed E-state index contributed by atoms with van der Waals surface area (Å²) in [5, 5.41) is 16.4. The average Bonchev–Trinajstić information content (AvgIpc) is 2.43. The fourth-order valence-corrected chi connectivity index (χ4v) is 1.76. The van der Waals surface area contributed by atoms with Crippen molar-refractivity contribution in [2.24, 2.45) is 0 Å². The van der Waals surface area contributed by atoms with Crippen LogP contribution in [0.4, 0.5) is 0 Å². The fourth-order valence-electron chi connectivity index (χ4n) is 1.76. The highest BCUT2D eigenvalue weighted by Gasteiger charge is 2.03. The van der Waals surface area contributed by atoms with Crippen molar-refractivity contribution in [1.82, 2.24) is 31.5 Å². The number of hydrogen-bond donors (Lipinski definition) is 5. The molecular formula is C13H34N6. The number of likely N-dealkylation sites (N-methyl/N-ethyl adjacent to an activating group) is 3. The molecule has 0 aliphatic rings. The number of rotatable bonds is 15. The van der Waals surface area contributed by atoms with Crippen LogP contribution in [0.25, 0.3) is 0 Å². The van der Waals surface area contributed by atoms with E-state index < -0.39 is 0 Å². The monoisotopic (exact) mass is 274 g/mol. The third-order valence-electron chi connectivity index (χ3n) is 2.99. The van der Waals surface area contributed by atoms with E-state index in [2.05, 4.69) is 31.5 Å². The molecule has 0 bridgehead atoms. The molecule has 19 heavy (non-hydrogen) atoms. The second kappa shape index (κ2) is 15.8. The molecule has 0 saturated carbocycles. The second-order valence-corrected chi connectivity index (χ2v) is 4.65. The Morgan fingerprint density at radius 3 is 1.37 bits per heavy atom. The van der Waals surface area contributed by atoms with Gasteiger partial charge < -0.3 is 26.6 Å². The summed E-state index contributed by atoms with van der Waals surface area (Å²) in [4.78, 5) is 2.50. The Labute approximate surface area is 119 Å². The summed E-state index contributed by atoms with van der Waals surface area (Å²) in [6.07, 6.45) is 0. The van der Waals surface area contributed by atoms with Gasteiger partial charge in [0, 0.05) is 65.4 Å². The van der Waals surface area contributed by atoms with Gasteiger partial charge >= 0.3 is 0 Å². The molecule has 0 aliphatic heterocycles. The first-order chi connectivity index (χ1) is 9.35. The molecule has 0 unspecified atom stereocenters. The predicted octanol–water partition coefficient (Wildman–Crippen LogP) is -1.87. The van der Waals surface area contributed by atoms with Gasteiger partial charge in [0.15, 0.2) is 0 Å². The first-order valence-electron chi connectivity index (χ1n) is 7.42. The van der Waals surface area contributed by atoms with Gasteiger partial charge in [0.05, 0.1) is 0 Å². The Balaban J connectivity index is 3.57. The van der Waals surface area contributed by atoms with Gasteiger partial charge in [-0.05, 0) is 21.1 Å². The Morgan fingerprint density at radius 2 is 0.947 bits per heavy atom. The Kier molecular flexibility index (Phi) is 15.6. The maximum Gasteiger partial charge on any atom is 0.0108 e. The van der Waals surface area contributed by atoms with E-state index in [0.29, 0.717) is 0 Å². The third kappa shape index (κ3) is 14.0. The van der Waals surface area contributed by atoms with Crippen molar-refractivity contribution in [3.05, 3.63) is 0 Å². The third-order valence-corrected chi connectivity index (χ3v) is 2.99. The predicted molar refractivity (Wildman–Crippen MR) is 84.0 cm³/mol. The van der Waals surface area contributed by atoms with Crippen LogP contribution in [0.3, 0.4) is 0 Å². The molecule has 0 aliphatic carbocycles. The van der Waals surface area contributed by atoms with Gasteiger partial charge in [-0.15, -0.1) is 0 Å². The molecule has 0 heterocycles. The molecule has 0 saturated heterocycles. The van der Waals surface area contributed by atoms with Crippen LogP contribution in [0, 0.1) is 0 Å². The van der Waals surface area contributed by atoms with Crippen molar-refractivity contribution in [1.29, 1.82) is 0 Å². The molecule has 0 spiro atoms. The smallest absolute Gasteiger partial charge is 0.0108 e. The van der Waals surface area contributed by atoms with Crippen LogP contribution in [0.2, 0.25) is 0 Å². The second-order valence-electron chi connectivity index (χ2n) is 4.65.